The first kappa shape index (κ1) is 16.1. The number of hydrogen-bond donors (Lipinski definition) is 0. The van der Waals surface area contributed by atoms with E-state index in [1.165, 1.54) is 0 Å². The van der Waals surface area contributed by atoms with Gasteiger partial charge in [0.15, 0.2) is 0 Å². The monoisotopic (exact) mass is 254 g/mol. The van der Waals surface area contributed by atoms with Crippen molar-refractivity contribution in [2.45, 2.75) is 0 Å². The van der Waals surface area contributed by atoms with Crippen molar-refractivity contribution in [1.82, 2.24) is 0 Å². The van der Waals surface area contributed by atoms with E-state index >= 15 is 0 Å². The van der Waals surface area contributed by atoms with Crippen LogP contribution in [0.5, 0.6) is 0 Å². The Kier molecular flexibility index (Phi) is 2.62. The van der Waals surface area contributed by atoms with Crippen molar-refractivity contribution in [1.29, 1.82) is 31.6 Å². The molecule has 0 aliphatic carbocycles. The second-order valence-corrected chi connectivity index (χ2v) is 8.38. The van der Waals surface area contributed by atoms with E-state index in [0.717, 1.165) is 0 Å². The molecule has 76 valence electrons. The van der Waals surface area contributed by atoms with Crippen molar-refractivity contribution in [2.24, 2.45) is 0 Å². The van der Waals surface area contributed by atoms with E-state index in [1.54, 1.807) is 0 Å². The Balaban J connectivity index is 0. The molecular formula is C6CoLiN6O2. The average Bonchev–Trinajstić information content (AvgIpc) is 2.32. The Morgan fingerprint density at radius 2 is 1.00 bits per heavy atom. The first-order chi connectivity index (χ1) is 6.72. The molecule has 0 aromatic rings. The summed E-state index contributed by atoms with van der Waals surface area (Å²) in [5.74, 6) is 0. The second-order valence-electron chi connectivity index (χ2n) is 2.10. The van der Waals surface area contributed by atoms with Crippen LogP contribution in [-0.2, 0) is 17.5 Å². The van der Waals surface area contributed by atoms with Gasteiger partial charge in [-0.05, 0) is 0 Å². The topological polar surface area (TPSA) is 169 Å². The molecule has 0 aromatic carbocycles. The van der Waals surface area contributed by atoms with E-state index in [0.29, 0.717) is 31.3 Å². The number of rotatable bonds is 1. The number of nitrogens with zero attached hydrogens (tertiary/aromatic N) is 6. The quantitative estimate of drug-likeness (QED) is 0.350. The van der Waals surface area contributed by atoms with Crippen LogP contribution in [0.4, 0.5) is 0 Å². The van der Waals surface area contributed by atoms with E-state index in [1.807, 2.05) is 0 Å². The van der Waals surface area contributed by atoms with Crippen molar-refractivity contribution < 1.29 is 36.3 Å². The van der Waals surface area contributed by atoms with Gasteiger partial charge in [0.2, 0.25) is 0 Å². The molecule has 0 bridgehead atoms. The van der Waals surface area contributed by atoms with Crippen LogP contribution in [0.1, 0.15) is 0 Å². The zero-order valence-corrected chi connectivity index (χ0v) is 8.87. The Hall–Kier alpha value is -2.36. The molecule has 0 unspecified atom stereocenters. The molecular weight excluding hydrogens is 254 g/mol. The third-order valence-corrected chi connectivity index (χ3v) is 5.27. The molecule has 0 amide bonds. The molecule has 0 aromatic heterocycles. The standard InChI is InChI=1S/CHNO.5CN.Co.Li.O/c2-1-3;5*1-2;;;/h3H;;;;;;;;/q;;;;;;;+1;/p-1. The molecule has 0 fully saturated rings. The van der Waals surface area contributed by atoms with Gasteiger partial charge in [-0.25, -0.2) is 0 Å². The van der Waals surface area contributed by atoms with E-state index in [-0.39, 0.29) is 18.9 Å². The fraction of sp³-hybridized carbons (Fsp3) is 0. The van der Waals surface area contributed by atoms with Crippen molar-refractivity contribution in [3.05, 3.63) is 0 Å². The van der Waals surface area contributed by atoms with Crippen LogP contribution in [0.2, 0.25) is 0 Å². The fourth-order valence-electron chi connectivity index (χ4n) is 0.331. The summed E-state index contributed by atoms with van der Waals surface area (Å²) in [5.41, 5.74) is 0. The largest absolute Gasteiger partial charge is 1.00 e. The number of hydrogen-bond acceptors (Lipinski definition) is 8. The van der Waals surface area contributed by atoms with Crippen LogP contribution in [0.25, 0.3) is 0 Å². The molecule has 0 N–H and O–H groups in total. The van der Waals surface area contributed by atoms with Crippen molar-refractivity contribution in [3.8, 4) is 31.3 Å². The first-order valence-electron chi connectivity index (χ1n) is 2.65. The van der Waals surface area contributed by atoms with Gasteiger partial charge in [0, 0.05) is 0 Å². The first-order valence-corrected chi connectivity index (χ1v) is 6.10. The maximum atomic E-state index is 12.2. The van der Waals surface area contributed by atoms with Crippen LogP contribution in [-0.4, -0.2) is 0 Å². The molecule has 0 radical (unpaired) electrons. The minimum atomic E-state index is -8.12. The molecule has 0 saturated heterocycles. The Bertz CT molecular complexity index is 607. The van der Waals surface area contributed by atoms with Crippen LogP contribution < -0.4 is 18.9 Å². The zero-order valence-electron chi connectivity index (χ0n) is 7.83. The summed E-state index contributed by atoms with van der Waals surface area (Å²) in [4.78, 5) is 0. The minimum absolute atomic E-state index is 0. The summed E-state index contributed by atoms with van der Waals surface area (Å²) < 4.78 is 15.8. The van der Waals surface area contributed by atoms with Gasteiger partial charge in [0.25, 0.3) is 0 Å². The molecule has 8 nitrogen and oxygen atoms in total. The van der Waals surface area contributed by atoms with Gasteiger partial charge in [0.05, 0.1) is 0 Å². The Labute approximate surface area is 99.1 Å². The van der Waals surface area contributed by atoms with Crippen LogP contribution >= 0.6 is 0 Å². The maximum absolute atomic E-state index is 12.2. The zero-order chi connectivity index (χ0) is 12.3. The van der Waals surface area contributed by atoms with Crippen molar-refractivity contribution >= 4 is 0 Å². The minimum Gasteiger partial charge on any atom is 1.00 e. The molecule has 0 aliphatic heterocycles. The van der Waals surface area contributed by atoms with E-state index < -0.39 is 9.75 Å². The van der Waals surface area contributed by atoms with E-state index in [4.69, 9.17) is 31.6 Å². The van der Waals surface area contributed by atoms with Gasteiger partial charge in [-0.1, -0.05) is 0 Å². The van der Waals surface area contributed by atoms with Gasteiger partial charge >= 0.3 is 99.2 Å². The molecule has 10 heteroatoms. The van der Waals surface area contributed by atoms with Crippen molar-refractivity contribution in [2.75, 3.05) is 0 Å². The SMILES string of the molecule is N#C[O][Co-](=[O])([C]#N)([C]#N)([C]#N)([C]#N)[C]#N.[Li+]. The summed E-state index contributed by atoms with van der Waals surface area (Å²) in [5, 5.41) is 53.7. The van der Waals surface area contributed by atoms with Gasteiger partial charge in [-0.15, -0.1) is 0 Å². The third-order valence-electron chi connectivity index (χ3n) is 1.28. The summed E-state index contributed by atoms with van der Waals surface area (Å²) >= 11 is 0. The summed E-state index contributed by atoms with van der Waals surface area (Å²) in [6, 6.07) is 0. The molecule has 0 spiro atoms. The van der Waals surface area contributed by atoms with Gasteiger partial charge in [0.1, 0.15) is 0 Å². The van der Waals surface area contributed by atoms with Crippen molar-refractivity contribution in [3.63, 3.8) is 0 Å². The van der Waals surface area contributed by atoms with Crippen LogP contribution in [0.15, 0.2) is 0 Å². The summed E-state index contributed by atoms with van der Waals surface area (Å²) in [6.07, 6.45) is 0.620. The molecule has 16 heavy (non-hydrogen) atoms. The summed E-state index contributed by atoms with van der Waals surface area (Å²) in [7, 11) is -8.12. The van der Waals surface area contributed by atoms with E-state index in [9.17, 15) is 3.87 Å². The number of nitriles is 6. The average molecular weight is 254 g/mol. The van der Waals surface area contributed by atoms with Crippen LogP contribution in [0, 0.1) is 62.8 Å². The molecule has 0 atom stereocenters. The molecule has 0 saturated carbocycles. The van der Waals surface area contributed by atoms with Gasteiger partial charge in [-0.3, -0.25) is 0 Å². The predicted molar refractivity (Wildman–Crippen MR) is 35.4 cm³/mol. The molecule has 0 rings (SSSR count). The predicted octanol–water partition coefficient (Wildman–Crippen LogP) is -3.09. The Morgan fingerprint density at radius 3 is 1.06 bits per heavy atom. The summed E-state index contributed by atoms with van der Waals surface area (Å²) in [6.45, 7) is 0. The van der Waals surface area contributed by atoms with E-state index in [2.05, 4.69) is 3.85 Å². The van der Waals surface area contributed by atoms with Gasteiger partial charge in [-0.2, -0.15) is 0 Å². The Morgan fingerprint density at radius 1 is 0.750 bits per heavy atom. The third kappa shape index (κ3) is 1.10. The smallest absolute Gasteiger partial charge is 1.00 e. The van der Waals surface area contributed by atoms with Crippen LogP contribution in [0.3, 0.4) is 0 Å². The van der Waals surface area contributed by atoms with Gasteiger partial charge < -0.3 is 0 Å². The maximum Gasteiger partial charge on any atom is 1.00 e. The normalized spacial score (nSPS) is 14.8. The fourth-order valence-corrected chi connectivity index (χ4v) is 1.37. The second kappa shape index (κ2) is 2.61. The molecule has 0 aliphatic rings. The molecule has 0 heterocycles.